The van der Waals surface area contributed by atoms with E-state index in [-0.39, 0.29) is 6.04 Å². The number of ether oxygens (including phenoxy) is 2. The van der Waals surface area contributed by atoms with Crippen LogP contribution in [0.1, 0.15) is 6.42 Å². The molecule has 7 nitrogen and oxygen atoms in total. The Morgan fingerprint density at radius 2 is 2.11 bits per heavy atom. The van der Waals surface area contributed by atoms with Gasteiger partial charge in [-0.15, -0.1) is 0 Å². The molecule has 0 fully saturated rings. The van der Waals surface area contributed by atoms with Crippen LogP contribution >= 0.6 is 11.3 Å². The summed E-state index contributed by atoms with van der Waals surface area (Å²) >= 11 is 1.56. The second kappa shape index (κ2) is 9.46. The van der Waals surface area contributed by atoms with Gasteiger partial charge in [-0.25, -0.2) is 9.98 Å². The number of thiazole rings is 1. The summed E-state index contributed by atoms with van der Waals surface area (Å²) in [4.78, 5) is 13.0. The molecule has 1 aromatic carbocycles. The summed E-state index contributed by atoms with van der Waals surface area (Å²) in [5.74, 6) is 0. The number of rotatable bonds is 8. The highest BCUT2D eigenvalue weighted by atomic mass is 32.1. The number of hydrogen-bond donors (Lipinski definition) is 0. The molecule has 1 aromatic heterocycles. The summed E-state index contributed by atoms with van der Waals surface area (Å²) < 4.78 is 12.5. The van der Waals surface area contributed by atoms with Crippen molar-refractivity contribution < 1.29 is 9.47 Å². The Balaban J connectivity index is 1.69. The Morgan fingerprint density at radius 3 is 2.89 bits per heavy atom. The lowest BCUT2D eigenvalue weighted by atomic mass is 10.2. The van der Waals surface area contributed by atoms with E-state index in [4.69, 9.17) is 14.5 Å². The standard InChI is InChI=1S/C19H23N5O2S/c1-23(2)11-12-25-13-14-26-18-21-10-8-15(7-9-20)24(18)19-22-16-5-3-4-6-17(16)27-19/h3-6,8,10,15H,7,11-14H2,1-2H3. The molecule has 27 heavy (non-hydrogen) atoms. The molecule has 0 spiro atoms. The maximum Gasteiger partial charge on any atom is 0.299 e. The molecule has 0 aliphatic carbocycles. The van der Waals surface area contributed by atoms with Crippen molar-refractivity contribution in [3.63, 3.8) is 0 Å². The van der Waals surface area contributed by atoms with Crippen molar-refractivity contribution in [3.8, 4) is 6.07 Å². The smallest absolute Gasteiger partial charge is 0.299 e. The molecule has 3 rings (SSSR count). The fraction of sp³-hybridized carbons (Fsp3) is 0.421. The highest BCUT2D eigenvalue weighted by molar-refractivity contribution is 7.22. The number of benzene rings is 1. The average molecular weight is 385 g/mol. The molecule has 1 aliphatic rings. The van der Waals surface area contributed by atoms with Crippen molar-refractivity contribution in [2.45, 2.75) is 12.5 Å². The van der Waals surface area contributed by atoms with Gasteiger partial charge in [0, 0.05) is 12.7 Å². The summed E-state index contributed by atoms with van der Waals surface area (Å²) in [6, 6.07) is 10.5. The van der Waals surface area contributed by atoms with Crippen molar-refractivity contribution in [1.29, 1.82) is 5.26 Å². The fourth-order valence-electron chi connectivity index (χ4n) is 2.58. The van der Waals surface area contributed by atoms with Crippen molar-refractivity contribution in [2.75, 3.05) is 45.4 Å². The van der Waals surface area contributed by atoms with Crippen LogP contribution in [0.4, 0.5) is 5.13 Å². The average Bonchev–Trinajstić information content (AvgIpc) is 3.08. The minimum Gasteiger partial charge on any atom is -0.462 e. The first-order valence-corrected chi connectivity index (χ1v) is 9.62. The molecule has 1 aliphatic heterocycles. The third kappa shape index (κ3) is 5.04. The molecule has 142 valence electrons. The predicted molar refractivity (Wildman–Crippen MR) is 108 cm³/mol. The minimum atomic E-state index is -0.155. The summed E-state index contributed by atoms with van der Waals surface area (Å²) in [6.07, 6.45) is 3.91. The van der Waals surface area contributed by atoms with Gasteiger partial charge in [0.1, 0.15) is 6.61 Å². The van der Waals surface area contributed by atoms with E-state index in [1.54, 1.807) is 17.5 Å². The number of hydrogen-bond acceptors (Lipinski definition) is 8. The highest BCUT2D eigenvalue weighted by Crippen LogP contribution is 2.32. The number of nitriles is 1. The van der Waals surface area contributed by atoms with Gasteiger partial charge in [0.05, 0.1) is 42.0 Å². The molecule has 0 N–H and O–H groups in total. The van der Waals surface area contributed by atoms with Gasteiger partial charge in [-0.3, -0.25) is 4.90 Å². The van der Waals surface area contributed by atoms with Crippen LogP contribution in [0.15, 0.2) is 41.5 Å². The second-order valence-electron chi connectivity index (χ2n) is 6.28. The van der Waals surface area contributed by atoms with Crippen LogP contribution in [0.25, 0.3) is 10.2 Å². The van der Waals surface area contributed by atoms with Crippen LogP contribution < -0.4 is 4.90 Å². The lowest BCUT2D eigenvalue weighted by Gasteiger charge is -2.30. The van der Waals surface area contributed by atoms with Crippen LogP contribution in [-0.2, 0) is 9.47 Å². The third-order valence-electron chi connectivity index (χ3n) is 3.96. The van der Waals surface area contributed by atoms with E-state index in [9.17, 15) is 5.26 Å². The molecule has 1 atom stereocenters. The lowest BCUT2D eigenvalue weighted by molar-refractivity contribution is 0.0847. The van der Waals surface area contributed by atoms with E-state index >= 15 is 0 Å². The molecule has 0 bridgehead atoms. The Labute approximate surface area is 163 Å². The molecule has 2 aromatic rings. The SMILES string of the molecule is CN(C)CCOCCOC1=NC=CC(CC#N)N1c1nc2ccccc2s1. The Morgan fingerprint density at radius 1 is 1.26 bits per heavy atom. The van der Waals surface area contributed by atoms with Crippen molar-refractivity contribution in [1.82, 2.24) is 9.88 Å². The zero-order valence-corrected chi connectivity index (χ0v) is 16.4. The predicted octanol–water partition coefficient (Wildman–Crippen LogP) is 2.86. The first kappa shape index (κ1) is 19.3. The van der Waals surface area contributed by atoms with E-state index in [1.165, 1.54) is 0 Å². The highest BCUT2D eigenvalue weighted by Gasteiger charge is 2.28. The van der Waals surface area contributed by atoms with Crippen molar-refractivity contribution in [2.24, 2.45) is 4.99 Å². The minimum absolute atomic E-state index is 0.155. The van der Waals surface area contributed by atoms with Crippen LogP contribution in [-0.4, -0.2) is 62.4 Å². The number of nitrogens with zero attached hydrogens (tertiary/aromatic N) is 5. The number of aromatic nitrogens is 1. The van der Waals surface area contributed by atoms with Gasteiger partial charge in [0.15, 0.2) is 5.13 Å². The Kier molecular flexibility index (Phi) is 6.76. The normalized spacial score (nSPS) is 16.6. The number of fused-ring (bicyclic) bond motifs is 1. The molecule has 0 saturated carbocycles. The van der Waals surface area contributed by atoms with Gasteiger partial charge >= 0.3 is 0 Å². The monoisotopic (exact) mass is 385 g/mol. The summed E-state index contributed by atoms with van der Waals surface area (Å²) in [5.41, 5.74) is 0.925. The quantitative estimate of drug-likeness (QED) is 0.651. The van der Waals surface area contributed by atoms with Crippen LogP contribution in [0.2, 0.25) is 0 Å². The van der Waals surface area contributed by atoms with E-state index < -0.39 is 0 Å². The number of amidine groups is 1. The molecule has 1 unspecified atom stereocenters. The second-order valence-corrected chi connectivity index (χ2v) is 7.29. The molecular formula is C19H23N5O2S. The van der Waals surface area contributed by atoms with E-state index in [1.807, 2.05) is 49.3 Å². The Hall–Kier alpha value is -2.47. The van der Waals surface area contributed by atoms with Crippen LogP contribution in [0, 0.1) is 11.3 Å². The fourth-order valence-corrected chi connectivity index (χ4v) is 3.60. The zero-order chi connectivity index (χ0) is 19.1. The number of aliphatic imine (C=N–C) groups is 1. The molecule has 0 amide bonds. The summed E-state index contributed by atoms with van der Waals surface area (Å²) in [7, 11) is 4.02. The first-order valence-electron chi connectivity index (χ1n) is 8.80. The Bertz CT molecular complexity index is 822. The van der Waals surface area contributed by atoms with Crippen LogP contribution in [0.5, 0.6) is 0 Å². The van der Waals surface area contributed by atoms with Crippen molar-refractivity contribution in [3.05, 3.63) is 36.5 Å². The molecule has 0 saturated heterocycles. The molecule has 0 radical (unpaired) electrons. The lowest BCUT2D eigenvalue weighted by Crippen LogP contribution is -2.42. The van der Waals surface area contributed by atoms with Gasteiger partial charge in [-0.1, -0.05) is 23.5 Å². The topological polar surface area (TPSA) is 74.0 Å². The van der Waals surface area contributed by atoms with Gasteiger partial charge in [-0.2, -0.15) is 5.26 Å². The van der Waals surface area contributed by atoms with Crippen LogP contribution in [0.3, 0.4) is 0 Å². The number of para-hydroxylation sites is 1. The van der Waals surface area contributed by atoms with Gasteiger partial charge in [0.25, 0.3) is 6.02 Å². The largest absolute Gasteiger partial charge is 0.462 e. The zero-order valence-electron chi connectivity index (χ0n) is 15.5. The van der Waals surface area contributed by atoms with Crippen molar-refractivity contribution >= 4 is 32.7 Å². The van der Waals surface area contributed by atoms with Gasteiger partial charge < -0.3 is 14.4 Å². The molecule has 8 heteroatoms. The van der Waals surface area contributed by atoms with E-state index in [0.717, 1.165) is 21.9 Å². The maximum atomic E-state index is 9.19. The van der Waals surface area contributed by atoms with E-state index in [2.05, 4.69) is 16.0 Å². The summed E-state index contributed by atoms with van der Waals surface area (Å²) in [6.45, 7) is 2.39. The number of anilines is 1. The summed E-state index contributed by atoms with van der Waals surface area (Å²) in [5, 5.41) is 9.97. The molecular weight excluding hydrogens is 362 g/mol. The molecule has 2 heterocycles. The van der Waals surface area contributed by atoms with E-state index in [0.29, 0.717) is 32.3 Å². The van der Waals surface area contributed by atoms with Gasteiger partial charge in [-0.05, 0) is 32.3 Å². The number of likely N-dealkylation sites (N-methyl/N-ethyl adjacent to an activating group) is 1. The third-order valence-corrected chi connectivity index (χ3v) is 5.00. The van der Waals surface area contributed by atoms with Gasteiger partial charge in [0.2, 0.25) is 0 Å². The first-order chi connectivity index (χ1) is 13.2. The maximum absolute atomic E-state index is 9.19.